The van der Waals surface area contributed by atoms with Crippen LogP contribution < -0.4 is 5.32 Å². The van der Waals surface area contributed by atoms with Crippen LogP contribution in [0.15, 0.2) is 30.5 Å². The Labute approximate surface area is 150 Å². The van der Waals surface area contributed by atoms with Crippen molar-refractivity contribution >= 4 is 5.82 Å². The molecule has 6 nitrogen and oxygen atoms in total. The van der Waals surface area contributed by atoms with Gasteiger partial charge >= 0.3 is 0 Å². The van der Waals surface area contributed by atoms with Gasteiger partial charge in [-0.3, -0.25) is 0 Å². The van der Waals surface area contributed by atoms with Gasteiger partial charge in [0.1, 0.15) is 11.5 Å². The summed E-state index contributed by atoms with van der Waals surface area (Å²) in [5, 5.41) is 14.8. The van der Waals surface area contributed by atoms with Crippen molar-refractivity contribution in [1.29, 1.82) is 0 Å². The lowest BCUT2D eigenvalue weighted by Gasteiger charge is -2.22. The Balaban J connectivity index is 2.13. The molecule has 0 amide bonds. The molecule has 8 heteroatoms. The molecule has 0 spiro atoms. The largest absolute Gasteiger partial charge is 0.365 e. The number of anilines is 1. The lowest BCUT2D eigenvalue weighted by Crippen LogP contribution is -2.27. The SMILES string of the molecule is CCc1ccc(-n2nnnc2-c2cccnc2NC(C)(C)C)c(F)c1F. The van der Waals surface area contributed by atoms with E-state index in [1.807, 2.05) is 20.8 Å². The Hall–Kier alpha value is -2.90. The molecule has 0 saturated heterocycles. The summed E-state index contributed by atoms with van der Waals surface area (Å²) >= 11 is 0. The first-order chi connectivity index (χ1) is 12.3. The molecule has 136 valence electrons. The van der Waals surface area contributed by atoms with Gasteiger partial charge in [0.25, 0.3) is 0 Å². The third-order valence-electron chi connectivity index (χ3n) is 3.76. The minimum absolute atomic E-state index is 0.0507. The van der Waals surface area contributed by atoms with E-state index >= 15 is 0 Å². The molecule has 0 aliphatic carbocycles. The van der Waals surface area contributed by atoms with Crippen molar-refractivity contribution < 1.29 is 8.78 Å². The summed E-state index contributed by atoms with van der Waals surface area (Å²) in [4.78, 5) is 4.33. The summed E-state index contributed by atoms with van der Waals surface area (Å²) in [6.07, 6.45) is 2.04. The quantitative estimate of drug-likeness (QED) is 0.769. The third-order valence-corrected chi connectivity index (χ3v) is 3.76. The molecular formula is C18H20F2N6. The molecule has 3 rings (SSSR count). The van der Waals surface area contributed by atoms with Gasteiger partial charge in [-0.15, -0.1) is 5.10 Å². The first-order valence-corrected chi connectivity index (χ1v) is 8.31. The van der Waals surface area contributed by atoms with E-state index in [0.29, 0.717) is 23.4 Å². The number of aromatic nitrogens is 5. The van der Waals surface area contributed by atoms with Crippen LogP contribution in [0.4, 0.5) is 14.6 Å². The number of rotatable bonds is 4. The Bertz CT molecular complexity index is 930. The van der Waals surface area contributed by atoms with E-state index in [-0.39, 0.29) is 17.1 Å². The second-order valence-electron chi connectivity index (χ2n) is 6.91. The summed E-state index contributed by atoms with van der Waals surface area (Å²) in [7, 11) is 0. The molecule has 0 unspecified atom stereocenters. The monoisotopic (exact) mass is 358 g/mol. The van der Waals surface area contributed by atoms with Crippen LogP contribution in [0.25, 0.3) is 17.1 Å². The molecule has 0 radical (unpaired) electrons. The van der Waals surface area contributed by atoms with Crippen molar-refractivity contribution in [2.45, 2.75) is 39.7 Å². The van der Waals surface area contributed by atoms with Gasteiger partial charge in [-0.2, -0.15) is 4.68 Å². The molecule has 0 atom stereocenters. The first-order valence-electron chi connectivity index (χ1n) is 8.31. The molecule has 0 aliphatic rings. The Morgan fingerprint density at radius 1 is 1.12 bits per heavy atom. The fourth-order valence-electron chi connectivity index (χ4n) is 2.57. The van der Waals surface area contributed by atoms with Crippen LogP contribution in [0.5, 0.6) is 0 Å². The highest BCUT2D eigenvalue weighted by Gasteiger charge is 2.22. The van der Waals surface area contributed by atoms with E-state index in [9.17, 15) is 8.78 Å². The normalized spacial score (nSPS) is 11.6. The zero-order chi connectivity index (χ0) is 18.9. The highest BCUT2D eigenvalue weighted by atomic mass is 19.2. The van der Waals surface area contributed by atoms with Crippen molar-refractivity contribution in [3.05, 3.63) is 47.7 Å². The molecule has 1 aromatic carbocycles. The van der Waals surface area contributed by atoms with Crippen LogP contribution in [-0.2, 0) is 6.42 Å². The second kappa shape index (κ2) is 6.78. The molecule has 0 aliphatic heterocycles. The summed E-state index contributed by atoms with van der Waals surface area (Å²) in [5.41, 5.74) is 0.594. The Kier molecular flexibility index (Phi) is 4.67. The minimum Gasteiger partial charge on any atom is -0.365 e. The van der Waals surface area contributed by atoms with E-state index in [0.717, 1.165) is 0 Å². The lowest BCUT2D eigenvalue weighted by atomic mass is 10.1. The summed E-state index contributed by atoms with van der Waals surface area (Å²) in [6, 6.07) is 6.53. The average molecular weight is 358 g/mol. The van der Waals surface area contributed by atoms with Gasteiger partial charge in [0.2, 0.25) is 0 Å². The third kappa shape index (κ3) is 3.40. The Morgan fingerprint density at radius 3 is 2.58 bits per heavy atom. The van der Waals surface area contributed by atoms with Crippen molar-refractivity contribution in [3.63, 3.8) is 0 Å². The smallest absolute Gasteiger partial charge is 0.190 e. The van der Waals surface area contributed by atoms with E-state index in [4.69, 9.17) is 0 Å². The van der Waals surface area contributed by atoms with Crippen LogP contribution in [0, 0.1) is 11.6 Å². The minimum atomic E-state index is -0.980. The van der Waals surface area contributed by atoms with E-state index in [1.165, 1.54) is 16.8 Å². The molecule has 1 N–H and O–H groups in total. The Morgan fingerprint density at radius 2 is 1.88 bits per heavy atom. The van der Waals surface area contributed by atoms with Gasteiger partial charge in [-0.05, 0) is 61.4 Å². The van der Waals surface area contributed by atoms with Gasteiger partial charge < -0.3 is 5.32 Å². The first kappa shape index (κ1) is 17.9. The highest BCUT2D eigenvalue weighted by molar-refractivity contribution is 5.71. The molecule has 0 fully saturated rings. The topological polar surface area (TPSA) is 68.5 Å². The van der Waals surface area contributed by atoms with Gasteiger partial charge in [0, 0.05) is 11.7 Å². The van der Waals surface area contributed by atoms with Crippen LogP contribution in [0.2, 0.25) is 0 Å². The van der Waals surface area contributed by atoms with E-state index in [2.05, 4.69) is 25.8 Å². The predicted octanol–water partition coefficient (Wildman–Crippen LogP) is 3.78. The number of pyridine rings is 1. The summed E-state index contributed by atoms with van der Waals surface area (Å²) in [5.74, 6) is -1.03. The molecular weight excluding hydrogens is 338 g/mol. The van der Waals surface area contributed by atoms with Crippen molar-refractivity contribution in [2.75, 3.05) is 5.32 Å². The van der Waals surface area contributed by atoms with Crippen molar-refractivity contribution in [3.8, 4) is 17.1 Å². The zero-order valence-corrected chi connectivity index (χ0v) is 15.1. The van der Waals surface area contributed by atoms with Crippen LogP contribution in [0.3, 0.4) is 0 Å². The number of halogens is 2. The fraction of sp³-hybridized carbons (Fsp3) is 0.333. The van der Waals surface area contributed by atoms with Crippen molar-refractivity contribution in [1.82, 2.24) is 25.2 Å². The number of aryl methyl sites for hydroxylation is 1. The van der Waals surface area contributed by atoms with Crippen LogP contribution in [0.1, 0.15) is 33.3 Å². The van der Waals surface area contributed by atoms with Crippen LogP contribution >= 0.6 is 0 Å². The van der Waals surface area contributed by atoms with Gasteiger partial charge in [0.05, 0.1) is 5.56 Å². The van der Waals surface area contributed by atoms with Gasteiger partial charge in [0.15, 0.2) is 17.5 Å². The maximum absolute atomic E-state index is 14.6. The predicted molar refractivity (Wildman–Crippen MR) is 95.1 cm³/mol. The highest BCUT2D eigenvalue weighted by Crippen LogP contribution is 2.29. The summed E-state index contributed by atoms with van der Waals surface area (Å²) in [6.45, 7) is 7.74. The number of nitrogens with one attached hydrogen (secondary N) is 1. The van der Waals surface area contributed by atoms with E-state index < -0.39 is 11.6 Å². The van der Waals surface area contributed by atoms with Crippen molar-refractivity contribution in [2.24, 2.45) is 0 Å². The van der Waals surface area contributed by atoms with E-state index in [1.54, 1.807) is 25.3 Å². The maximum atomic E-state index is 14.6. The maximum Gasteiger partial charge on any atom is 0.190 e. The summed E-state index contributed by atoms with van der Waals surface area (Å²) < 4.78 is 29.9. The molecule has 0 bridgehead atoms. The average Bonchev–Trinajstić information content (AvgIpc) is 3.05. The molecule has 26 heavy (non-hydrogen) atoms. The fourth-order valence-corrected chi connectivity index (χ4v) is 2.57. The number of benzene rings is 1. The number of nitrogens with zero attached hydrogens (tertiary/aromatic N) is 5. The zero-order valence-electron chi connectivity index (χ0n) is 15.1. The number of hydrogen-bond donors (Lipinski definition) is 1. The van der Waals surface area contributed by atoms with Crippen LogP contribution in [-0.4, -0.2) is 30.7 Å². The second-order valence-corrected chi connectivity index (χ2v) is 6.91. The molecule has 2 heterocycles. The standard InChI is InChI=1S/C18H20F2N6/c1-5-11-8-9-13(15(20)14(11)19)26-17(23-24-25-26)12-7-6-10-21-16(12)22-18(2,3)4/h6-10H,5H2,1-4H3,(H,21,22). The molecule has 2 aromatic heterocycles. The van der Waals surface area contributed by atoms with Gasteiger partial charge in [-0.25, -0.2) is 13.8 Å². The molecule has 3 aromatic rings. The number of tetrazole rings is 1. The lowest BCUT2D eigenvalue weighted by molar-refractivity contribution is 0.492. The number of hydrogen-bond acceptors (Lipinski definition) is 5. The molecule has 0 saturated carbocycles. The van der Waals surface area contributed by atoms with Gasteiger partial charge in [-0.1, -0.05) is 13.0 Å².